The Bertz CT molecular complexity index is 500. The van der Waals surface area contributed by atoms with E-state index in [-0.39, 0.29) is 11.9 Å². The number of ether oxygens (including phenoxy) is 1. The van der Waals surface area contributed by atoms with Gasteiger partial charge in [0.1, 0.15) is 0 Å². The second kappa shape index (κ2) is 7.91. The number of esters is 1. The predicted octanol–water partition coefficient (Wildman–Crippen LogP) is -0.000200. The van der Waals surface area contributed by atoms with Crippen LogP contribution in [0.4, 0.5) is 0 Å². The summed E-state index contributed by atoms with van der Waals surface area (Å²) in [7, 11) is 1.21. The Kier molecular flexibility index (Phi) is 5.91. The van der Waals surface area contributed by atoms with E-state index in [1.165, 1.54) is 7.11 Å². The number of nitrogens with one attached hydrogen (secondary N) is 2. The summed E-state index contributed by atoms with van der Waals surface area (Å²) in [6.45, 7) is 0.807. The molecule has 120 valence electrons. The lowest BCUT2D eigenvalue weighted by molar-refractivity contribution is -0.152. The van der Waals surface area contributed by atoms with Crippen LogP contribution in [0.1, 0.15) is 18.4 Å². The number of methoxy groups -OCH3 is 1. The molecule has 3 atom stereocenters. The van der Waals surface area contributed by atoms with Crippen LogP contribution in [0.25, 0.3) is 0 Å². The zero-order valence-corrected chi connectivity index (χ0v) is 12.6. The Balaban J connectivity index is 2.06. The number of carbonyl (C=O) groups excluding carboxylic acids is 2. The van der Waals surface area contributed by atoms with Crippen molar-refractivity contribution in [2.24, 2.45) is 0 Å². The van der Waals surface area contributed by atoms with Crippen LogP contribution < -0.4 is 10.6 Å². The van der Waals surface area contributed by atoms with Crippen LogP contribution in [0.3, 0.4) is 0 Å². The molecule has 1 aromatic carbocycles. The molecule has 6 nitrogen and oxygen atoms in total. The number of hydrogen-bond donors (Lipinski definition) is 3. The molecule has 0 saturated carbocycles. The lowest BCUT2D eigenvalue weighted by Crippen LogP contribution is -2.52. The first-order valence-corrected chi connectivity index (χ1v) is 7.45. The van der Waals surface area contributed by atoms with Gasteiger partial charge in [0.15, 0.2) is 6.10 Å². The fraction of sp³-hybridized carbons (Fsp3) is 0.500. The van der Waals surface area contributed by atoms with Gasteiger partial charge in [0, 0.05) is 0 Å². The summed E-state index contributed by atoms with van der Waals surface area (Å²) in [6, 6.07) is 8.42. The summed E-state index contributed by atoms with van der Waals surface area (Å²) < 4.78 is 4.58. The van der Waals surface area contributed by atoms with Gasteiger partial charge in [-0.1, -0.05) is 30.3 Å². The predicted molar refractivity (Wildman–Crippen MR) is 81.1 cm³/mol. The highest BCUT2D eigenvalue weighted by atomic mass is 16.5. The van der Waals surface area contributed by atoms with Crippen molar-refractivity contribution in [3.63, 3.8) is 0 Å². The highest BCUT2D eigenvalue weighted by Crippen LogP contribution is 2.10. The van der Waals surface area contributed by atoms with Gasteiger partial charge in [-0.05, 0) is 31.4 Å². The maximum Gasteiger partial charge on any atom is 0.336 e. The second-order valence-electron chi connectivity index (χ2n) is 5.42. The van der Waals surface area contributed by atoms with E-state index in [0.717, 1.165) is 24.9 Å². The minimum absolute atomic E-state index is 0.193. The molecule has 1 fully saturated rings. The topological polar surface area (TPSA) is 87.7 Å². The molecule has 0 radical (unpaired) electrons. The van der Waals surface area contributed by atoms with E-state index in [0.29, 0.717) is 6.42 Å². The quantitative estimate of drug-likeness (QED) is 0.644. The highest BCUT2D eigenvalue weighted by Gasteiger charge is 2.31. The molecule has 0 bridgehead atoms. The molecule has 1 aliphatic heterocycles. The highest BCUT2D eigenvalue weighted by molar-refractivity contribution is 5.83. The van der Waals surface area contributed by atoms with E-state index in [1.54, 1.807) is 0 Å². The van der Waals surface area contributed by atoms with Gasteiger partial charge in [0.25, 0.3) is 0 Å². The summed E-state index contributed by atoms with van der Waals surface area (Å²) in [5.74, 6) is -0.943. The van der Waals surface area contributed by atoms with Crippen molar-refractivity contribution < 1.29 is 19.4 Å². The smallest absolute Gasteiger partial charge is 0.336 e. The minimum atomic E-state index is -1.39. The normalized spacial score (nSPS) is 20.2. The molecule has 1 saturated heterocycles. The Labute approximate surface area is 129 Å². The number of rotatable bonds is 6. The number of benzene rings is 1. The van der Waals surface area contributed by atoms with Gasteiger partial charge in [-0.3, -0.25) is 4.79 Å². The summed E-state index contributed by atoms with van der Waals surface area (Å²) >= 11 is 0. The first kappa shape index (κ1) is 16.5. The number of amides is 1. The monoisotopic (exact) mass is 306 g/mol. The van der Waals surface area contributed by atoms with Gasteiger partial charge >= 0.3 is 5.97 Å². The SMILES string of the molecule is COC(=O)[C@H](O)[C@@H](Cc1ccccc1)NC(=O)[C@@H]1CCCN1. The van der Waals surface area contributed by atoms with E-state index in [9.17, 15) is 14.7 Å². The number of aliphatic hydroxyl groups excluding tert-OH is 1. The average Bonchev–Trinajstić information content (AvgIpc) is 3.08. The lowest BCUT2D eigenvalue weighted by Gasteiger charge is -2.24. The van der Waals surface area contributed by atoms with Crippen molar-refractivity contribution in [3.8, 4) is 0 Å². The second-order valence-corrected chi connectivity index (χ2v) is 5.42. The van der Waals surface area contributed by atoms with Crippen LogP contribution in [0.15, 0.2) is 30.3 Å². The molecule has 1 heterocycles. The van der Waals surface area contributed by atoms with Crippen LogP contribution in [0.2, 0.25) is 0 Å². The molecule has 1 aromatic rings. The first-order chi connectivity index (χ1) is 10.6. The summed E-state index contributed by atoms with van der Waals surface area (Å²) in [4.78, 5) is 23.8. The van der Waals surface area contributed by atoms with Gasteiger partial charge < -0.3 is 20.5 Å². The lowest BCUT2D eigenvalue weighted by atomic mass is 10.0. The van der Waals surface area contributed by atoms with Crippen molar-refractivity contribution in [2.45, 2.75) is 37.5 Å². The van der Waals surface area contributed by atoms with E-state index in [1.807, 2.05) is 30.3 Å². The molecule has 1 amide bonds. The Hall–Kier alpha value is -1.92. The molecule has 0 unspecified atom stereocenters. The summed E-state index contributed by atoms with van der Waals surface area (Å²) in [5, 5.41) is 16.0. The summed E-state index contributed by atoms with van der Waals surface area (Å²) in [6.07, 6.45) is 0.671. The molecule has 3 N–H and O–H groups in total. The maximum absolute atomic E-state index is 12.2. The molecule has 0 spiro atoms. The van der Waals surface area contributed by atoms with Crippen LogP contribution in [-0.4, -0.2) is 48.8 Å². The fourth-order valence-corrected chi connectivity index (χ4v) is 2.59. The molecular weight excluding hydrogens is 284 g/mol. The third-order valence-electron chi connectivity index (χ3n) is 3.83. The molecule has 2 rings (SSSR count). The standard InChI is InChI=1S/C16H22N2O4/c1-22-16(21)14(19)13(10-11-6-3-2-4-7-11)18-15(20)12-8-5-9-17-12/h2-4,6-7,12-14,17,19H,5,8-10H2,1H3,(H,18,20)/t12-,13+,14+/m0/s1. The molecule has 22 heavy (non-hydrogen) atoms. The van der Waals surface area contributed by atoms with E-state index in [2.05, 4.69) is 15.4 Å². The fourth-order valence-electron chi connectivity index (χ4n) is 2.59. The summed E-state index contributed by atoms with van der Waals surface area (Å²) in [5.41, 5.74) is 0.926. The number of aliphatic hydroxyl groups is 1. The van der Waals surface area contributed by atoms with Crippen LogP contribution in [-0.2, 0) is 20.7 Å². The average molecular weight is 306 g/mol. The molecule has 0 aromatic heterocycles. The maximum atomic E-state index is 12.2. The van der Waals surface area contributed by atoms with Crippen LogP contribution in [0.5, 0.6) is 0 Å². The minimum Gasteiger partial charge on any atom is -0.467 e. The number of carbonyl (C=O) groups is 2. The Morgan fingerprint density at radius 2 is 2.14 bits per heavy atom. The van der Waals surface area contributed by atoms with Crippen molar-refractivity contribution in [1.29, 1.82) is 0 Å². The zero-order valence-electron chi connectivity index (χ0n) is 12.6. The van der Waals surface area contributed by atoms with Gasteiger partial charge in [0.2, 0.25) is 5.91 Å². The first-order valence-electron chi connectivity index (χ1n) is 7.45. The Morgan fingerprint density at radius 1 is 1.41 bits per heavy atom. The third kappa shape index (κ3) is 4.29. The zero-order chi connectivity index (χ0) is 15.9. The van der Waals surface area contributed by atoms with Crippen LogP contribution in [0, 0.1) is 0 Å². The molecule has 0 aliphatic carbocycles. The van der Waals surface area contributed by atoms with Crippen molar-refractivity contribution in [2.75, 3.05) is 13.7 Å². The van der Waals surface area contributed by atoms with E-state index in [4.69, 9.17) is 0 Å². The Morgan fingerprint density at radius 3 is 2.73 bits per heavy atom. The molecular formula is C16H22N2O4. The molecule has 1 aliphatic rings. The van der Waals surface area contributed by atoms with Crippen molar-refractivity contribution in [1.82, 2.24) is 10.6 Å². The number of hydrogen-bond acceptors (Lipinski definition) is 5. The van der Waals surface area contributed by atoms with E-state index >= 15 is 0 Å². The van der Waals surface area contributed by atoms with Gasteiger partial charge in [0.05, 0.1) is 19.2 Å². The van der Waals surface area contributed by atoms with Crippen molar-refractivity contribution in [3.05, 3.63) is 35.9 Å². The van der Waals surface area contributed by atoms with Gasteiger partial charge in [-0.15, -0.1) is 0 Å². The van der Waals surface area contributed by atoms with Gasteiger partial charge in [-0.25, -0.2) is 4.79 Å². The largest absolute Gasteiger partial charge is 0.467 e. The molecule has 6 heteroatoms. The van der Waals surface area contributed by atoms with Crippen molar-refractivity contribution >= 4 is 11.9 Å². The van der Waals surface area contributed by atoms with Crippen LogP contribution >= 0.6 is 0 Å². The third-order valence-corrected chi connectivity index (χ3v) is 3.83. The van der Waals surface area contributed by atoms with E-state index < -0.39 is 18.1 Å². The van der Waals surface area contributed by atoms with Gasteiger partial charge in [-0.2, -0.15) is 0 Å².